The first-order valence-electron chi connectivity index (χ1n) is 12.2. The Morgan fingerprint density at radius 2 is 1.86 bits per heavy atom. The summed E-state index contributed by atoms with van der Waals surface area (Å²) in [6, 6.07) is 13.1. The highest BCUT2D eigenvalue weighted by Gasteiger charge is 2.23. The Bertz CT molecular complexity index is 1180. The lowest BCUT2D eigenvalue weighted by atomic mass is 10.1. The fraction of sp³-hybridized carbons (Fsp3) is 0.346. The Labute approximate surface area is 211 Å². The molecule has 0 aliphatic carbocycles. The second-order valence-electron chi connectivity index (χ2n) is 8.57. The number of anilines is 3. The Balaban J connectivity index is 1.39. The van der Waals surface area contributed by atoms with Crippen LogP contribution in [0.15, 0.2) is 54.9 Å². The molecule has 0 bridgehead atoms. The Morgan fingerprint density at radius 3 is 2.58 bits per heavy atom. The number of nitrogens with one attached hydrogen (secondary N) is 3. The zero-order valence-corrected chi connectivity index (χ0v) is 20.7. The maximum atomic E-state index is 13.1. The monoisotopic (exact) mass is 488 g/mol. The molecule has 188 valence electrons. The van der Waals surface area contributed by atoms with E-state index in [9.17, 15) is 9.59 Å². The molecule has 4 rings (SSSR count). The maximum absolute atomic E-state index is 13.1. The van der Waals surface area contributed by atoms with Crippen LogP contribution in [0.25, 0.3) is 11.3 Å². The number of likely N-dealkylation sites (N-methyl/N-ethyl adjacent to an activating group) is 1. The van der Waals surface area contributed by atoms with Gasteiger partial charge >= 0.3 is 0 Å². The molecular formula is C26H32N8O2. The molecule has 0 atom stereocenters. The SMILES string of the molecule is CCCNc1ccc(-c2ccnc(Nc3cccc(C(=O)N4CCN(CC(=O)NC)CC4)c3)n2)cn1. The van der Waals surface area contributed by atoms with E-state index in [1.165, 1.54) is 0 Å². The average molecular weight is 489 g/mol. The third-order valence-electron chi connectivity index (χ3n) is 5.94. The quantitative estimate of drug-likeness (QED) is 0.421. The van der Waals surface area contributed by atoms with Crippen molar-refractivity contribution in [1.82, 2.24) is 30.1 Å². The minimum absolute atomic E-state index is 0.0166. The van der Waals surface area contributed by atoms with E-state index in [0.717, 1.165) is 35.7 Å². The Kier molecular flexibility index (Phi) is 8.40. The van der Waals surface area contributed by atoms with Crippen molar-refractivity contribution in [3.05, 3.63) is 60.4 Å². The summed E-state index contributed by atoms with van der Waals surface area (Å²) in [6.07, 6.45) is 4.52. The third kappa shape index (κ3) is 6.54. The molecule has 1 aliphatic heterocycles. The van der Waals surface area contributed by atoms with Crippen LogP contribution in [-0.2, 0) is 4.79 Å². The van der Waals surface area contributed by atoms with Gasteiger partial charge in [0.2, 0.25) is 11.9 Å². The fourth-order valence-electron chi connectivity index (χ4n) is 3.92. The molecule has 3 heterocycles. The van der Waals surface area contributed by atoms with E-state index in [2.05, 4.69) is 42.7 Å². The highest BCUT2D eigenvalue weighted by atomic mass is 16.2. The van der Waals surface area contributed by atoms with Gasteiger partial charge in [0.15, 0.2) is 0 Å². The number of benzene rings is 1. The first-order valence-corrected chi connectivity index (χ1v) is 12.2. The third-order valence-corrected chi connectivity index (χ3v) is 5.94. The summed E-state index contributed by atoms with van der Waals surface area (Å²) in [4.78, 5) is 41.9. The first-order chi connectivity index (χ1) is 17.6. The molecule has 0 spiro atoms. The van der Waals surface area contributed by atoms with Crippen LogP contribution in [0.5, 0.6) is 0 Å². The molecule has 3 N–H and O–H groups in total. The van der Waals surface area contributed by atoms with Crippen molar-refractivity contribution in [2.24, 2.45) is 0 Å². The van der Waals surface area contributed by atoms with Gasteiger partial charge in [-0.2, -0.15) is 0 Å². The van der Waals surface area contributed by atoms with E-state index in [-0.39, 0.29) is 11.8 Å². The van der Waals surface area contributed by atoms with E-state index < -0.39 is 0 Å². The number of amides is 2. The van der Waals surface area contributed by atoms with Gasteiger partial charge in [0, 0.05) is 69.0 Å². The smallest absolute Gasteiger partial charge is 0.254 e. The van der Waals surface area contributed by atoms with Gasteiger partial charge < -0.3 is 20.9 Å². The molecule has 3 aromatic rings. The lowest BCUT2D eigenvalue weighted by Gasteiger charge is -2.34. The summed E-state index contributed by atoms with van der Waals surface area (Å²) in [5, 5.41) is 9.11. The van der Waals surface area contributed by atoms with Gasteiger partial charge in [0.25, 0.3) is 5.91 Å². The summed E-state index contributed by atoms with van der Waals surface area (Å²) < 4.78 is 0. The maximum Gasteiger partial charge on any atom is 0.254 e. The summed E-state index contributed by atoms with van der Waals surface area (Å²) in [6.45, 7) is 5.85. The van der Waals surface area contributed by atoms with Gasteiger partial charge in [-0.3, -0.25) is 14.5 Å². The molecule has 2 aromatic heterocycles. The van der Waals surface area contributed by atoms with Gasteiger partial charge in [-0.15, -0.1) is 0 Å². The average Bonchev–Trinajstić information content (AvgIpc) is 2.92. The van der Waals surface area contributed by atoms with Gasteiger partial charge in [-0.25, -0.2) is 15.0 Å². The van der Waals surface area contributed by atoms with E-state index >= 15 is 0 Å². The highest BCUT2D eigenvalue weighted by molar-refractivity contribution is 5.95. The number of nitrogens with zero attached hydrogens (tertiary/aromatic N) is 5. The largest absolute Gasteiger partial charge is 0.370 e. The molecule has 1 fully saturated rings. The summed E-state index contributed by atoms with van der Waals surface area (Å²) in [5.41, 5.74) is 2.97. The van der Waals surface area contributed by atoms with Crippen molar-refractivity contribution in [1.29, 1.82) is 0 Å². The number of hydrogen-bond donors (Lipinski definition) is 3. The van der Waals surface area contributed by atoms with Crippen LogP contribution in [0, 0.1) is 0 Å². The fourth-order valence-corrected chi connectivity index (χ4v) is 3.92. The van der Waals surface area contributed by atoms with Crippen molar-refractivity contribution < 1.29 is 9.59 Å². The summed E-state index contributed by atoms with van der Waals surface area (Å²) in [7, 11) is 1.63. The number of carbonyl (C=O) groups excluding carboxylic acids is 2. The minimum Gasteiger partial charge on any atom is -0.370 e. The van der Waals surface area contributed by atoms with Crippen molar-refractivity contribution >= 4 is 29.3 Å². The second-order valence-corrected chi connectivity index (χ2v) is 8.57. The van der Waals surface area contributed by atoms with Crippen LogP contribution in [-0.4, -0.2) is 82.9 Å². The Morgan fingerprint density at radius 1 is 1.03 bits per heavy atom. The lowest BCUT2D eigenvalue weighted by Crippen LogP contribution is -2.50. The van der Waals surface area contributed by atoms with Crippen molar-refractivity contribution in [2.45, 2.75) is 13.3 Å². The molecule has 1 saturated heterocycles. The second kappa shape index (κ2) is 12.1. The number of pyridine rings is 1. The molecule has 10 nitrogen and oxygen atoms in total. The van der Waals surface area contributed by atoms with Gasteiger partial charge in [-0.1, -0.05) is 13.0 Å². The minimum atomic E-state index is -0.0317. The first kappa shape index (κ1) is 25.1. The van der Waals surface area contributed by atoms with Crippen molar-refractivity contribution in [3.63, 3.8) is 0 Å². The molecule has 0 saturated carbocycles. The summed E-state index contributed by atoms with van der Waals surface area (Å²) >= 11 is 0. The van der Waals surface area contributed by atoms with Crippen molar-refractivity contribution in [2.75, 3.05) is 56.9 Å². The molecule has 1 aromatic carbocycles. The van der Waals surface area contributed by atoms with Crippen LogP contribution >= 0.6 is 0 Å². The van der Waals surface area contributed by atoms with Crippen LogP contribution in [0.4, 0.5) is 17.5 Å². The number of hydrogen-bond acceptors (Lipinski definition) is 8. The topological polar surface area (TPSA) is 115 Å². The van der Waals surface area contributed by atoms with E-state index in [1.807, 2.05) is 47.4 Å². The Hall–Kier alpha value is -4.05. The zero-order chi connectivity index (χ0) is 25.3. The molecule has 0 unspecified atom stereocenters. The molecule has 36 heavy (non-hydrogen) atoms. The molecule has 0 radical (unpaired) electrons. The number of rotatable bonds is 9. The van der Waals surface area contributed by atoms with Gasteiger partial charge in [0.1, 0.15) is 5.82 Å². The number of aromatic nitrogens is 3. The van der Waals surface area contributed by atoms with Gasteiger partial charge in [-0.05, 0) is 42.8 Å². The predicted octanol–water partition coefficient (Wildman–Crippen LogP) is 2.61. The molecule has 2 amide bonds. The zero-order valence-electron chi connectivity index (χ0n) is 20.7. The molecular weight excluding hydrogens is 456 g/mol. The summed E-state index contributed by atoms with van der Waals surface area (Å²) in [5.74, 6) is 1.23. The number of piperazine rings is 1. The van der Waals surface area contributed by atoms with Crippen LogP contribution in [0.3, 0.4) is 0 Å². The molecule has 10 heteroatoms. The van der Waals surface area contributed by atoms with Crippen LogP contribution in [0.2, 0.25) is 0 Å². The van der Waals surface area contributed by atoms with E-state index in [4.69, 9.17) is 0 Å². The highest BCUT2D eigenvalue weighted by Crippen LogP contribution is 2.21. The standard InChI is InChI=1S/C26H32N8O2/c1-3-10-28-23-8-7-20(17-30-23)22-9-11-29-26(32-22)31-21-6-4-5-19(16-21)25(36)34-14-12-33(13-15-34)18-24(35)27-2/h4-9,11,16-17H,3,10,12-15,18H2,1-2H3,(H,27,35)(H,28,30)(H,29,31,32). The van der Waals surface area contributed by atoms with Crippen LogP contribution in [0.1, 0.15) is 23.7 Å². The predicted molar refractivity (Wildman–Crippen MR) is 140 cm³/mol. The van der Waals surface area contributed by atoms with E-state index in [0.29, 0.717) is 44.2 Å². The number of carbonyl (C=O) groups is 2. The van der Waals surface area contributed by atoms with Crippen LogP contribution < -0.4 is 16.0 Å². The normalized spacial score (nSPS) is 13.8. The van der Waals surface area contributed by atoms with Gasteiger partial charge in [0.05, 0.1) is 12.2 Å². The lowest BCUT2D eigenvalue weighted by molar-refractivity contribution is -0.122. The van der Waals surface area contributed by atoms with E-state index in [1.54, 1.807) is 19.4 Å². The van der Waals surface area contributed by atoms with Crippen molar-refractivity contribution in [3.8, 4) is 11.3 Å². The molecule has 1 aliphatic rings.